The molecule has 0 aromatic heterocycles. The maximum Gasteiger partial charge on any atom is 0.242 e. The Kier molecular flexibility index (Phi) is 4.93. The smallest absolute Gasteiger partial charge is 0.242 e. The molecule has 20 heavy (non-hydrogen) atoms. The van der Waals surface area contributed by atoms with E-state index in [-0.39, 0.29) is 18.0 Å². The van der Waals surface area contributed by atoms with Gasteiger partial charge in [0.2, 0.25) is 10.0 Å². The zero-order valence-electron chi connectivity index (χ0n) is 10.6. The maximum atomic E-state index is 12.3. The summed E-state index contributed by atoms with van der Waals surface area (Å²) in [5.41, 5.74) is 1.43. The second kappa shape index (κ2) is 6.49. The Labute approximate surface area is 126 Å². The van der Waals surface area contributed by atoms with Crippen LogP contribution in [0.1, 0.15) is 11.1 Å². The average molecular weight is 356 g/mol. The molecule has 0 aliphatic heterocycles. The van der Waals surface area contributed by atoms with E-state index in [0.29, 0.717) is 10.0 Å². The number of benzene rings is 2. The molecule has 0 saturated carbocycles. The SMILES string of the molecule is O=S(=O)(NCc1ccccc1)c1cc(CO)ccc1Br. The number of halogens is 1. The van der Waals surface area contributed by atoms with Crippen molar-refractivity contribution < 1.29 is 13.5 Å². The molecule has 106 valence electrons. The van der Waals surface area contributed by atoms with Gasteiger partial charge in [-0.3, -0.25) is 0 Å². The van der Waals surface area contributed by atoms with Crippen LogP contribution in [0, 0.1) is 0 Å². The third-order valence-electron chi connectivity index (χ3n) is 2.78. The topological polar surface area (TPSA) is 66.4 Å². The number of aliphatic hydroxyl groups excluding tert-OH is 1. The van der Waals surface area contributed by atoms with Gasteiger partial charge in [0.25, 0.3) is 0 Å². The lowest BCUT2D eigenvalue weighted by atomic mass is 10.2. The van der Waals surface area contributed by atoms with Crippen molar-refractivity contribution in [3.63, 3.8) is 0 Å². The highest BCUT2D eigenvalue weighted by molar-refractivity contribution is 9.10. The van der Waals surface area contributed by atoms with E-state index >= 15 is 0 Å². The van der Waals surface area contributed by atoms with Crippen LogP contribution in [0.5, 0.6) is 0 Å². The molecule has 0 heterocycles. The summed E-state index contributed by atoms with van der Waals surface area (Å²) in [5.74, 6) is 0. The van der Waals surface area contributed by atoms with Crippen molar-refractivity contribution >= 4 is 26.0 Å². The van der Waals surface area contributed by atoms with Gasteiger partial charge < -0.3 is 5.11 Å². The first-order valence-corrected chi connectivity index (χ1v) is 8.23. The van der Waals surface area contributed by atoms with E-state index in [0.717, 1.165) is 5.56 Å². The molecule has 0 spiro atoms. The number of hydrogen-bond donors (Lipinski definition) is 2. The number of sulfonamides is 1. The van der Waals surface area contributed by atoms with Crippen LogP contribution in [0.2, 0.25) is 0 Å². The predicted molar refractivity (Wildman–Crippen MR) is 80.5 cm³/mol. The van der Waals surface area contributed by atoms with E-state index < -0.39 is 10.0 Å². The van der Waals surface area contributed by atoms with Gasteiger partial charge in [-0.2, -0.15) is 0 Å². The normalized spacial score (nSPS) is 11.5. The minimum Gasteiger partial charge on any atom is -0.392 e. The van der Waals surface area contributed by atoms with E-state index in [2.05, 4.69) is 20.7 Å². The van der Waals surface area contributed by atoms with Gasteiger partial charge in [0, 0.05) is 11.0 Å². The van der Waals surface area contributed by atoms with Crippen LogP contribution < -0.4 is 4.72 Å². The van der Waals surface area contributed by atoms with E-state index in [1.165, 1.54) is 6.07 Å². The van der Waals surface area contributed by atoms with Crippen LogP contribution in [-0.4, -0.2) is 13.5 Å². The number of rotatable bonds is 5. The Morgan fingerprint density at radius 3 is 2.40 bits per heavy atom. The first kappa shape index (κ1) is 15.2. The molecule has 6 heteroatoms. The zero-order valence-corrected chi connectivity index (χ0v) is 13.0. The molecular weight excluding hydrogens is 342 g/mol. The minimum absolute atomic E-state index is 0.125. The summed E-state index contributed by atoms with van der Waals surface area (Å²) >= 11 is 3.22. The fraction of sp³-hybridized carbons (Fsp3) is 0.143. The molecule has 0 amide bonds. The van der Waals surface area contributed by atoms with Gasteiger partial charge in [-0.05, 0) is 39.2 Å². The second-order valence-electron chi connectivity index (χ2n) is 4.23. The van der Waals surface area contributed by atoms with E-state index in [1.54, 1.807) is 12.1 Å². The van der Waals surface area contributed by atoms with Gasteiger partial charge in [-0.1, -0.05) is 36.4 Å². The molecule has 0 unspecified atom stereocenters. The van der Waals surface area contributed by atoms with Crippen LogP contribution in [0.15, 0.2) is 57.9 Å². The predicted octanol–water partition coefficient (Wildman–Crippen LogP) is 2.42. The fourth-order valence-electron chi connectivity index (χ4n) is 1.70. The summed E-state index contributed by atoms with van der Waals surface area (Å²) in [7, 11) is -3.63. The largest absolute Gasteiger partial charge is 0.392 e. The third kappa shape index (κ3) is 3.67. The molecule has 2 aromatic rings. The van der Waals surface area contributed by atoms with Gasteiger partial charge in [0.1, 0.15) is 0 Å². The van der Waals surface area contributed by atoms with Crippen molar-refractivity contribution in [2.24, 2.45) is 0 Å². The lowest BCUT2D eigenvalue weighted by Crippen LogP contribution is -2.23. The highest BCUT2D eigenvalue weighted by atomic mass is 79.9. The summed E-state index contributed by atoms with van der Waals surface area (Å²) in [6, 6.07) is 14.0. The summed E-state index contributed by atoms with van der Waals surface area (Å²) < 4.78 is 27.6. The van der Waals surface area contributed by atoms with Crippen molar-refractivity contribution in [2.45, 2.75) is 18.0 Å². The molecule has 0 aliphatic carbocycles. The second-order valence-corrected chi connectivity index (χ2v) is 6.82. The highest BCUT2D eigenvalue weighted by Crippen LogP contribution is 2.23. The standard InChI is InChI=1S/C14H14BrNO3S/c15-13-7-6-12(10-17)8-14(13)20(18,19)16-9-11-4-2-1-3-5-11/h1-8,16-17H,9-10H2. The Hall–Kier alpha value is -1.21. The van der Waals surface area contributed by atoms with Crippen molar-refractivity contribution in [1.82, 2.24) is 4.72 Å². The highest BCUT2D eigenvalue weighted by Gasteiger charge is 2.17. The number of aliphatic hydroxyl groups is 1. The molecule has 0 aliphatic rings. The van der Waals surface area contributed by atoms with Gasteiger partial charge in [-0.15, -0.1) is 0 Å². The van der Waals surface area contributed by atoms with Crippen molar-refractivity contribution in [3.05, 3.63) is 64.1 Å². The molecule has 0 saturated heterocycles. The van der Waals surface area contributed by atoms with Gasteiger partial charge in [0.05, 0.1) is 11.5 Å². The lowest BCUT2D eigenvalue weighted by Gasteiger charge is -2.10. The van der Waals surface area contributed by atoms with E-state index in [9.17, 15) is 8.42 Å². The Balaban J connectivity index is 2.22. The number of hydrogen-bond acceptors (Lipinski definition) is 3. The average Bonchev–Trinajstić information content (AvgIpc) is 2.47. The van der Waals surface area contributed by atoms with Crippen LogP contribution in [-0.2, 0) is 23.2 Å². The van der Waals surface area contributed by atoms with E-state index in [4.69, 9.17) is 5.11 Å². The van der Waals surface area contributed by atoms with Gasteiger partial charge in [-0.25, -0.2) is 13.1 Å². The number of nitrogens with one attached hydrogen (secondary N) is 1. The van der Waals surface area contributed by atoms with Crippen molar-refractivity contribution in [1.29, 1.82) is 0 Å². The molecule has 0 atom stereocenters. The fourth-order valence-corrected chi connectivity index (χ4v) is 3.73. The maximum absolute atomic E-state index is 12.3. The third-order valence-corrected chi connectivity index (χ3v) is 5.17. The summed E-state index contributed by atoms with van der Waals surface area (Å²) in [6.45, 7) is 0.0213. The Morgan fingerprint density at radius 1 is 1.05 bits per heavy atom. The van der Waals surface area contributed by atoms with Crippen LogP contribution in [0.25, 0.3) is 0 Å². The first-order valence-electron chi connectivity index (χ1n) is 5.96. The summed E-state index contributed by atoms with van der Waals surface area (Å²) in [5, 5.41) is 9.10. The molecule has 2 N–H and O–H groups in total. The monoisotopic (exact) mass is 355 g/mol. The van der Waals surface area contributed by atoms with Crippen LogP contribution in [0.4, 0.5) is 0 Å². The summed E-state index contributed by atoms with van der Waals surface area (Å²) in [4.78, 5) is 0.125. The Bertz CT molecular complexity index is 687. The Morgan fingerprint density at radius 2 is 1.75 bits per heavy atom. The molecule has 0 radical (unpaired) electrons. The molecular formula is C14H14BrNO3S. The summed E-state index contributed by atoms with van der Waals surface area (Å²) in [6.07, 6.45) is 0. The molecule has 2 rings (SSSR count). The van der Waals surface area contributed by atoms with Crippen molar-refractivity contribution in [3.8, 4) is 0 Å². The lowest BCUT2D eigenvalue weighted by molar-refractivity contribution is 0.281. The molecule has 2 aromatic carbocycles. The van der Waals surface area contributed by atoms with E-state index in [1.807, 2.05) is 30.3 Å². The van der Waals surface area contributed by atoms with Crippen LogP contribution >= 0.6 is 15.9 Å². The zero-order chi connectivity index (χ0) is 14.6. The quantitative estimate of drug-likeness (QED) is 0.865. The van der Waals surface area contributed by atoms with Crippen molar-refractivity contribution in [2.75, 3.05) is 0 Å². The van der Waals surface area contributed by atoms with Crippen LogP contribution in [0.3, 0.4) is 0 Å². The molecule has 0 fully saturated rings. The van der Waals surface area contributed by atoms with Gasteiger partial charge >= 0.3 is 0 Å². The molecule has 4 nitrogen and oxygen atoms in total. The first-order chi connectivity index (χ1) is 9.53. The molecule has 0 bridgehead atoms. The van der Waals surface area contributed by atoms with Gasteiger partial charge in [0.15, 0.2) is 0 Å². The minimum atomic E-state index is -3.63.